The maximum Gasteiger partial charge on any atom is 0.339 e. The van der Waals surface area contributed by atoms with Crippen molar-refractivity contribution in [3.63, 3.8) is 0 Å². The Bertz CT molecular complexity index is 295. The second-order valence-corrected chi connectivity index (χ2v) is 3.80. The topological polar surface area (TPSA) is 70.7 Å². The molecule has 0 bridgehead atoms. The number of aromatic carboxylic acids is 1. The molecular weight excluding hydrogens is 204 g/mol. The van der Waals surface area contributed by atoms with Crippen LogP contribution >= 0.6 is 11.8 Å². The van der Waals surface area contributed by atoms with Crippen LogP contribution in [0.5, 0.6) is 0 Å². The Morgan fingerprint density at radius 2 is 2.36 bits per heavy atom. The predicted molar refractivity (Wildman–Crippen MR) is 53.5 cm³/mol. The van der Waals surface area contributed by atoms with E-state index in [0.717, 1.165) is 5.75 Å². The van der Waals surface area contributed by atoms with Crippen molar-refractivity contribution in [3.05, 3.63) is 23.7 Å². The summed E-state index contributed by atoms with van der Waals surface area (Å²) in [7, 11) is 0. The molecule has 1 rings (SSSR count). The van der Waals surface area contributed by atoms with Crippen LogP contribution in [0.4, 0.5) is 0 Å². The van der Waals surface area contributed by atoms with E-state index in [1.165, 1.54) is 12.3 Å². The summed E-state index contributed by atoms with van der Waals surface area (Å²) < 4.78 is 5.04. The van der Waals surface area contributed by atoms with Crippen molar-refractivity contribution >= 4 is 17.7 Å². The van der Waals surface area contributed by atoms with Crippen LogP contribution in [0.2, 0.25) is 0 Å². The molecule has 5 heteroatoms. The van der Waals surface area contributed by atoms with E-state index in [-0.39, 0.29) is 12.2 Å². The molecule has 0 aliphatic carbocycles. The number of aliphatic hydroxyl groups excluding tert-OH is 1. The quantitative estimate of drug-likeness (QED) is 0.707. The highest BCUT2D eigenvalue weighted by molar-refractivity contribution is 7.98. The van der Waals surface area contributed by atoms with Gasteiger partial charge in [-0.25, -0.2) is 4.79 Å². The molecule has 1 heterocycles. The van der Waals surface area contributed by atoms with Gasteiger partial charge in [0, 0.05) is 6.61 Å². The lowest BCUT2D eigenvalue weighted by Crippen LogP contribution is -1.98. The summed E-state index contributed by atoms with van der Waals surface area (Å²) in [5.74, 6) is 0.863. The number of hydrogen-bond donors (Lipinski definition) is 2. The van der Waals surface area contributed by atoms with Crippen molar-refractivity contribution in [1.82, 2.24) is 0 Å². The van der Waals surface area contributed by atoms with Crippen molar-refractivity contribution in [3.8, 4) is 0 Å². The van der Waals surface area contributed by atoms with Crippen LogP contribution in [-0.4, -0.2) is 28.5 Å². The lowest BCUT2D eigenvalue weighted by Gasteiger charge is -1.98. The molecule has 0 amide bonds. The highest BCUT2D eigenvalue weighted by atomic mass is 32.2. The minimum atomic E-state index is -0.962. The smallest absolute Gasteiger partial charge is 0.339 e. The van der Waals surface area contributed by atoms with Crippen LogP contribution in [0.1, 0.15) is 22.5 Å². The molecule has 78 valence electrons. The normalized spacial score (nSPS) is 10.4. The molecule has 2 N–H and O–H groups in total. The van der Waals surface area contributed by atoms with Gasteiger partial charge in [0.2, 0.25) is 0 Å². The van der Waals surface area contributed by atoms with Crippen LogP contribution in [0.25, 0.3) is 0 Å². The van der Waals surface area contributed by atoms with Gasteiger partial charge in [-0.15, -0.1) is 0 Å². The molecular formula is C9H12O4S. The fourth-order valence-corrected chi connectivity index (χ4v) is 1.86. The van der Waals surface area contributed by atoms with Crippen LogP contribution < -0.4 is 0 Å². The first-order valence-electron chi connectivity index (χ1n) is 4.24. The van der Waals surface area contributed by atoms with E-state index in [0.29, 0.717) is 17.9 Å². The van der Waals surface area contributed by atoms with E-state index in [2.05, 4.69) is 0 Å². The molecule has 1 aromatic rings. The lowest BCUT2D eigenvalue weighted by molar-refractivity contribution is 0.0695. The zero-order chi connectivity index (χ0) is 10.4. The number of hydrogen-bond acceptors (Lipinski definition) is 4. The predicted octanol–water partition coefficient (Wildman–Crippen LogP) is 1.59. The summed E-state index contributed by atoms with van der Waals surface area (Å²) >= 11 is 1.55. The Morgan fingerprint density at radius 1 is 1.57 bits per heavy atom. The minimum absolute atomic E-state index is 0.164. The Morgan fingerprint density at radius 3 is 3.00 bits per heavy atom. The summed E-state index contributed by atoms with van der Waals surface area (Å²) in [6, 6.07) is 1.45. The molecule has 0 fully saturated rings. The van der Waals surface area contributed by atoms with E-state index in [1.54, 1.807) is 11.8 Å². The molecule has 1 aromatic heterocycles. The number of carbonyl (C=O) groups is 1. The van der Waals surface area contributed by atoms with Gasteiger partial charge in [0.25, 0.3) is 0 Å². The molecule has 14 heavy (non-hydrogen) atoms. The average Bonchev–Trinajstić information content (AvgIpc) is 2.60. The van der Waals surface area contributed by atoms with Gasteiger partial charge in [0.1, 0.15) is 11.3 Å². The third kappa shape index (κ3) is 3.08. The largest absolute Gasteiger partial charge is 0.478 e. The highest BCUT2D eigenvalue weighted by Crippen LogP contribution is 2.18. The summed E-state index contributed by atoms with van der Waals surface area (Å²) in [5.41, 5.74) is 0.224. The van der Waals surface area contributed by atoms with Gasteiger partial charge in [-0.1, -0.05) is 0 Å². The fourth-order valence-electron chi connectivity index (χ4n) is 0.974. The maximum atomic E-state index is 10.7. The van der Waals surface area contributed by atoms with Gasteiger partial charge in [0.15, 0.2) is 0 Å². The molecule has 0 saturated carbocycles. The summed E-state index contributed by atoms with van der Waals surface area (Å²) in [6.07, 6.45) is 2.10. The van der Waals surface area contributed by atoms with Gasteiger partial charge in [0.05, 0.1) is 12.0 Å². The number of carboxylic acids is 1. The highest BCUT2D eigenvalue weighted by Gasteiger charge is 2.12. The minimum Gasteiger partial charge on any atom is -0.478 e. The zero-order valence-electron chi connectivity index (χ0n) is 7.60. The van der Waals surface area contributed by atoms with Gasteiger partial charge in [-0.05, 0) is 18.2 Å². The molecule has 4 nitrogen and oxygen atoms in total. The summed E-state index contributed by atoms with van der Waals surface area (Å²) in [5, 5.41) is 17.3. The number of rotatable bonds is 6. The second kappa shape index (κ2) is 5.72. The van der Waals surface area contributed by atoms with Crippen molar-refractivity contribution < 1.29 is 19.4 Å². The monoisotopic (exact) mass is 216 g/mol. The molecule has 0 spiro atoms. The molecule has 0 saturated heterocycles. The van der Waals surface area contributed by atoms with Crippen molar-refractivity contribution in [2.75, 3.05) is 12.4 Å². The van der Waals surface area contributed by atoms with E-state index < -0.39 is 5.97 Å². The standard InChI is InChI=1S/C9H12O4S/c10-3-1-5-14-6-8-7(9(11)12)2-4-13-8/h2,4,10H,1,3,5-6H2,(H,11,12). The van der Waals surface area contributed by atoms with E-state index >= 15 is 0 Å². The first kappa shape index (κ1) is 11.1. The van der Waals surface area contributed by atoms with Gasteiger partial charge >= 0.3 is 5.97 Å². The number of aliphatic hydroxyl groups is 1. The Hall–Kier alpha value is -0.940. The van der Waals surface area contributed by atoms with E-state index in [4.69, 9.17) is 14.6 Å². The Kier molecular flexibility index (Phi) is 4.55. The van der Waals surface area contributed by atoms with Gasteiger partial charge in [-0.2, -0.15) is 11.8 Å². The summed E-state index contributed by atoms with van der Waals surface area (Å²) in [6.45, 7) is 0.164. The lowest BCUT2D eigenvalue weighted by atomic mass is 10.3. The van der Waals surface area contributed by atoms with Crippen molar-refractivity contribution in [2.24, 2.45) is 0 Å². The molecule has 0 radical (unpaired) electrons. The van der Waals surface area contributed by atoms with Crippen LogP contribution in [0, 0.1) is 0 Å². The second-order valence-electron chi connectivity index (χ2n) is 2.69. The van der Waals surface area contributed by atoms with Gasteiger partial charge in [-0.3, -0.25) is 0 Å². The number of furan rings is 1. The molecule has 0 aliphatic heterocycles. The number of carboxylic acid groups (broad SMARTS) is 1. The molecule has 0 aromatic carbocycles. The Labute approximate surface area is 85.9 Å². The SMILES string of the molecule is O=C(O)c1ccoc1CSCCCO. The Balaban J connectivity index is 2.42. The van der Waals surface area contributed by atoms with Crippen molar-refractivity contribution in [1.29, 1.82) is 0 Å². The zero-order valence-corrected chi connectivity index (χ0v) is 8.42. The average molecular weight is 216 g/mol. The van der Waals surface area contributed by atoms with Crippen LogP contribution in [0.3, 0.4) is 0 Å². The molecule has 0 aliphatic rings. The molecule has 0 atom stereocenters. The molecule has 0 unspecified atom stereocenters. The fraction of sp³-hybridized carbons (Fsp3) is 0.444. The third-order valence-corrected chi connectivity index (χ3v) is 2.70. The first-order valence-corrected chi connectivity index (χ1v) is 5.39. The van der Waals surface area contributed by atoms with E-state index in [1.807, 2.05) is 0 Å². The summed E-state index contributed by atoms with van der Waals surface area (Å²) in [4.78, 5) is 10.7. The third-order valence-electron chi connectivity index (χ3n) is 1.66. The van der Waals surface area contributed by atoms with Crippen LogP contribution in [0.15, 0.2) is 16.7 Å². The van der Waals surface area contributed by atoms with Crippen LogP contribution in [-0.2, 0) is 5.75 Å². The van der Waals surface area contributed by atoms with Gasteiger partial charge < -0.3 is 14.6 Å². The first-order chi connectivity index (χ1) is 6.75. The number of thioether (sulfide) groups is 1. The van der Waals surface area contributed by atoms with E-state index in [9.17, 15) is 4.79 Å². The maximum absolute atomic E-state index is 10.7. The van der Waals surface area contributed by atoms with Crippen molar-refractivity contribution in [2.45, 2.75) is 12.2 Å².